The van der Waals surface area contributed by atoms with Crippen molar-refractivity contribution in [1.82, 2.24) is 4.98 Å². The summed E-state index contributed by atoms with van der Waals surface area (Å²) in [5, 5.41) is 13.8. The van der Waals surface area contributed by atoms with Gasteiger partial charge in [-0.05, 0) is 24.9 Å². The summed E-state index contributed by atoms with van der Waals surface area (Å²) in [5.41, 5.74) is -0.0418. The number of aromatic nitrogens is 1. The number of nitro groups is 1. The fourth-order valence-corrected chi connectivity index (χ4v) is 2.14. The Morgan fingerprint density at radius 2 is 2.22 bits per heavy atom. The van der Waals surface area contributed by atoms with Crippen molar-refractivity contribution in [3.63, 3.8) is 0 Å². The van der Waals surface area contributed by atoms with Gasteiger partial charge in [-0.15, -0.1) is 0 Å². The molecule has 0 amide bonds. The molecule has 0 fully saturated rings. The number of hydrogen-bond acceptors (Lipinski definition) is 5. The van der Waals surface area contributed by atoms with E-state index in [2.05, 4.69) is 16.6 Å². The minimum atomic E-state index is -0.475. The molecule has 1 aromatic heterocycles. The second-order valence-corrected chi connectivity index (χ2v) is 5.14. The maximum atomic E-state index is 10.6. The summed E-state index contributed by atoms with van der Waals surface area (Å²) in [4.78, 5) is 14.2. The molecule has 0 unspecified atom stereocenters. The predicted molar refractivity (Wildman–Crippen MR) is 76.6 cm³/mol. The summed E-state index contributed by atoms with van der Waals surface area (Å²) >= 11 is 7.56. The Bertz CT molecular complexity index is 404. The molecule has 7 heteroatoms. The smallest absolute Gasteiger partial charge is 0.276 e. The van der Waals surface area contributed by atoms with E-state index in [-0.39, 0.29) is 10.8 Å². The maximum Gasteiger partial charge on any atom is 0.276 e. The minimum Gasteiger partial charge on any atom is -0.370 e. The molecule has 1 heterocycles. The van der Waals surface area contributed by atoms with Gasteiger partial charge in [0.1, 0.15) is 11.0 Å². The molecule has 1 aromatic rings. The molecule has 5 nitrogen and oxygen atoms in total. The number of thioether (sulfide) groups is 1. The predicted octanol–water partition coefficient (Wildman–Crippen LogP) is 3.59. The van der Waals surface area contributed by atoms with Crippen molar-refractivity contribution in [3.8, 4) is 0 Å². The molecule has 1 rings (SSSR count). The molecule has 0 aliphatic carbocycles. The van der Waals surface area contributed by atoms with Crippen molar-refractivity contribution in [1.29, 1.82) is 0 Å². The Kier molecular flexibility index (Phi) is 6.82. The third-order valence-corrected chi connectivity index (χ3v) is 3.21. The number of hydrogen-bond donors (Lipinski definition) is 1. The van der Waals surface area contributed by atoms with Crippen LogP contribution in [0.3, 0.4) is 0 Å². The van der Waals surface area contributed by atoms with E-state index in [0.717, 1.165) is 19.4 Å². The summed E-state index contributed by atoms with van der Waals surface area (Å²) in [6.45, 7) is 0.749. The quantitative estimate of drug-likeness (QED) is 0.343. The summed E-state index contributed by atoms with van der Waals surface area (Å²) in [5.74, 6) is 1.63. The Morgan fingerprint density at radius 3 is 2.89 bits per heavy atom. The summed E-state index contributed by atoms with van der Waals surface area (Å²) in [7, 11) is 0. The molecular weight excluding hydrogens is 274 g/mol. The number of halogens is 1. The van der Waals surface area contributed by atoms with E-state index in [9.17, 15) is 10.1 Å². The summed E-state index contributed by atoms with van der Waals surface area (Å²) < 4.78 is 0. The topological polar surface area (TPSA) is 68.1 Å². The summed E-state index contributed by atoms with van der Waals surface area (Å²) in [6, 6.07) is 2.64. The number of unbranched alkanes of at least 4 members (excludes halogenated alkanes) is 2. The summed E-state index contributed by atoms with van der Waals surface area (Å²) in [6.07, 6.45) is 5.43. The fraction of sp³-hybridized carbons (Fsp3) is 0.545. The van der Waals surface area contributed by atoms with Gasteiger partial charge in [-0.2, -0.15) is 11.8 Å². The van der Waals surface area contributed by atoms with Crippen LogP contribution >= 0.6 is 23.4 Å². The molecule has 0 saturated carbocycles. The lowest BCUT2D eigenvalue weighted by molar-refractivity contribution is -0.384. The average Bonchev–Trinajstić information content (AvgIpc) is 2.33. The zero-order valence-corrected chi connectivity index (χ0v) is 11.8. The van der Waals surface area contributed by atoms with Gasteiger partial charge in [0.05, 0.1) is 17.1 Å². The van der Waals surface area contributed by atoms with Gasteiger partial charge in [0.25, 0.3) is 5.69 Å². The molecule has 0 aliphatic heterocycles. The first-order valence-corrected chi connectivity index (χ1v) is 7.45. The third kappa shape index (κ3) is 5.55. The Hall–Kier alpha value is -1.01. The number of anilines is 1. The van der Waals surface area contributed by atoms with E-state index >= 15 is 0 Å². The monoisotopic (exact) mass is 289 g/mol. The lowest BCUT2D eigenvalue weighted by Crippen LogP contribution is -2.04. The molecule has 0 saturated heterocycles. The molecule has 100 valence electrons. The van der Waals surface area contributed by atoms with E-state index in [1.54, 1.807) is 0 Å². The first-order valence-electron chi connectivity index (χ1n) is 5.68. The van der Waals surface area contributed by atoms with Crippen molar-refractivity contribution in [2.24, 2.45) is 0 Å². The van der Waals surface area contributed by atoms with E-state index in [1.807, 2.05) is 11.8 Å². The Morgan fingerprint density at radius 1 is 1.44 bits per heavy atom. The van der Waals surface area contributed by atoms with Crippen molar-refractivity contribution >= 4 is 34.9 Å². The van der Waals surface area contributed by atoms with Crippen LogP contribution in [0.1, 0.15) is 19.3 Å². The van der Waals surface area contributed by atoms with Crippen LogP contribution in [0.2, 0.25) is 5.15 Å². The Labute approximate surface area is 115 Å². The number of nitrogens with one attached hydrogen (secondary N) is 1. The first kappa shape index (κ1) is 15.0. The number of nitrogens with zero attached hydrogens (tertiary/aromatic N) is 2. The van der Waals surface area contributed by atoms with Crippen molar-refractivity contribution in [3.05, 3.63) is 27.4 Å². The molecule has 18 heavy (non-hydrogen) atoms. The lowest BCUT2D eigenvalue weighted by Gasteiger charge is -2.05. The van der Waals surface area contributed by atoms with Gasteiger partial charge in [-0.1, -0.05) is 18.0 Å². The van der Waals surface area contributed by atoms with E-state index < -0.39 is 4.92 Å². The molecule has 0 radical (unpaired) electrons. The second-order valence-electron chi connectivity index (χ2n) is 3.77. The lowest BCUT2D eigenvalue weighted by atomic mass is 10.2. The third-order valence-electron chi connectivity index (χ3n) is 2.32. The number of pyridine rings is 1. The van der Waals surface area contributed by atoms with Gasteiger partial charge in [0, 0.05) is 6.54 Å². The van der Waals surface area contributed by atoms with Crippen LogP contribution in [0, 0.1) is 10.1 Å². The largest absolute Gasteiger partial charge is 0.370 e. The highest BCUT2D eigenvalue weighted by molar-refractivity contribution is 7.98. The van der Waals surface area contributed by atoms with Gasteiger partial charge in [-0.25, -0.2) is 4.98 Å². The maximum absolute atomic E-state index is 10.6. The van der Waals surface area contributed by atoms with Crippen LogP contribution in [0.4, 0.5) is 11.5 Å². The fourth-order valence-electron chi connectivity index (χ4n) is 1.44. The normalized spacial score (nSPS) is 10.3. The van der Waals surface area contributed by atoms with E-state index in [1.165, 1.54) is 24.3 Å². The van der Waals surface area contributed by atoms with Crippen LogP contribution in [0.5, 0.6) is 0 Å². The highest BCUT2D eigenvalue weighted by Crippen LogP contribution is 2.20. The number of rotatable bonds is 8. The molecule has 0 atom stereocenters. The van der Waals surface area contributed by atoms with Crippen LogP contribution in [0.25, 0.3) is 0 Å². The van der Waals surface area contributed by atoms with Gasteiger partial charge in [0.15, 0.2) is 0 Å². The Balaban J connectivity index is 2.40. The van der Waals surface area contributed by atoms with Gasteiger partial charge in [0.2, 0.25) is 0 Å². The van der Waals surface area contributed by atoms with Gasteiger partial charge < -0.3 is 5.32 Å². The molecule has 1 N–H and O–H groups in total. The van der Waals surface area contributed by atoms with Crippen LogP contribution in [-0.2, 0) is 0 Å². The average molecular weight is 290 g/mol. The van der Waals surface area contributed by atoms with Crippen LogP contribution in [0.15, 0.2) is 12.1 Å². The van der Waals surface area contributed by atoms with Crippen molar-refractivity contribution in [2.45, 2.75) is 19.3 Å². The standard InChI is InChI=1S/C11H16ClN3O2S/c1-18-6-4-2-3-5-13-11-8-9(15(16)17)7-10(12)14-11/h7-8H,2-6H2,1H3,(H,13,14). The zero-order chi connectivity index (χ0) is 13.4. The van der Waals surface area contributed by atoms with Crippen molar-refractivity contribution in [2.75, 3.05) is 23.9 Å². The van der Waals surface area contributed by atoms with Gasteiger partial charge in [-0.3, -0.25) is 10.1 Å². The molecular formula is C11H16ClN3O2S. The van der Waals surface area contributed by atoms with E-state index in [0.29, 0.717) is 5.82 Å². The van der Waals surface area contributed by atoms with Crippen molar-refractivity contribution < 1.29 is 4.92 Å². The SMILES string of the molecule is CSCCCCCNc1cc([N+](=O)[O-])cc(Cl)n1. The van der Waals surface area contributed by atoms with E-state index in [4.69, 9.17) is 11.6 Å². The highest BCUT2D eigenvalue weighted by atomic mass is 35.5. The van der Waals surface area contributed by atoms with Crippen LogP contribution in [-0.4, -0.2) is 28.5 Å². The first-order chi connectivity index (χ1) is 8.63. The minimum absolute atomic E-state index is 0.0418. The second kappa shape index (κ2) is 8.16. The molecule has 0 bridgehead atoms. The van der Waals surface area contributed by atoms with Crippen LogP contribution < -0.4 is 5.32 Å². The highest BCUT2D eigenvalue weighted by Gasteiger charge is 2.09. The zero-order valence-electron chi connectivity index (χ0n) is 10.2. The molecule has 0 aromatic carbocycles. The molecule has 0 aliphatic rings. The van der Waals surface area contributed by atoms with Gasteiger partial charge >= 0.3 is 0 Å². The molecule has 0 spiro atoms.